The molecule has 6 nitrogen and oxygen atoms in total. The van der Waals surface area contributed by atoms with Crippen molar-refractivity contribution in [1.82, 2.24) is 15.5 Å². The van der Waals surface area contributed by atoms with E-state index in [1.807, 2.05) is 0 Å². The van der Waals surface area contributed by atoms with E-state index in [0.717, 1.165) is 19.5 Å². The highest BCUT2D eigenvalue weighted by Crippen LogP contribution is 2.15. The molecule has 0 saturated carbocycles. The molecule has 0 spiro atoms. The van der Waals surface area contributed by atoms with Crippen LogP contribution in [0.4, 0.5) is 0 Å². The topological polar surface area (TPSA) is 73.8 Å². The lowest BCUT2D eigenvalue weighted by atomic mass is 10.0. The second-order valence-electron chi connectivity index (χ2n) is 5.79. The predicted octanol–water partition coefficient (Wildman–Crippen LogP) is 1.08. The number of guanidine groups is 1. The van der Waals surface area contributed by atoms with Crippen molar-refractivity contribution in [1.29, 1.82) is 0 Å². The van der Waals surface area contributed by atoms with Crippen molar-refractivity contribution in [3.05, 3.63) is 0 Å². The number of likely N-dealkylation sites (tertiary alicyclic amines) is 1. The van der Waals surface area contributed by atoms with Gasteiger partial charge in [-0.3, -0.25) is 4.99 Å². The summed E-state index contributed by atoms with van der Waals surface area (Å²) >= 11 is 0. The number of nitrogens with one attached hydrogen (secondary N) is 2. The third kappa shape index (κ3) is 9.83. The third-order valence-corrected chi connectivity index (χ3v) is 4.79. The van der Waals surface area contributed by atoms with Gasteiger partial charge in [-0.25, -0.2) is 8.42 Å². The van der Waals surface area contributed by atoms with E-state index in [1.165, 1.54) is 32.1 Å². The molecule has 1 heterocycles. The van der Waals surface area contributed by atoms with Crippen LogP contribution in [0.15, 0.2) is 4.99 Å². The van der Waals surface area contributed by atoms with Gasteiger partial charge in [-0.15, -0.1) is 24.0 Å². The lowest BCUT2D eigenvalue weighted by Crippen LogP contribution is -2.42. The van der Waals surface area contributed by atoms with Crippen LogP contribution in [0, 0.1) is 0 Å². The smallest absolute Gasteiger partial charge is 0.191 e. The molecule has 0 amide bonds. The fourth-order valence-electron chi connectivity index (χ4n) is 2.55. The Morgan fingerprint density at radius 1 is 1.27 bits per heavy atom. The first-order valence-corrected chi connectivity index (χ1v) is 9.84. The Labute approximate surface area is 152 Å². The van der Waals surface area contributed by atoms with E-state index in [9.17, 15) is 8.42 Å². The van der Waals surface area contributed by atoms with E-state index in [4.69, 9.17) is 0 Å². The number of hydrogen-bond donors (Lipinski definition) is 2. The number of halogens is 1. The first kappa shape index (κ1) is 21.9. The van der Waals surface area contributed by atoms with Gasteiger partial charge in [0.05, 0.1) is 5.75 Å². The summed E-state index contributed by atoms with van der Waals surface area (Å²) in [6.45, 7) is 5.86. The Hall–Kier alpha value is -0.0900. The molecule has 132 valence electrons. The fourth-order valence-corrected chi connectivity index (χ4v) is 3.03. The van der Waals surface area contributed by atoms with Gasteiger partial charge in [-0.1, -0.05) is 6.42 Å². The number of aliphatic imine (C=N–C) groups is 1. The number of rotatable bonds is 7. The monoisotopic (exact) mass is 446 g/mol. The SMILES string of the molecule is CN=C(NCCCN1CCCCC1C)NCCS(C)(=O)=O.I. The molecule has 1 saturated heterocycles. The summed E-state index contributed by atoms with van der Waals surface area (Å²) in [5.41, 5.74) is 0. The molecule has 1 fully saturated rings. The second-order valence-corrected chi connectivity index (χ2v) is 8.05. The molecule has 0 aliphatic carbocycles. The largest absolute Gasteiger partial charge is 0.356 e. The zero-order valence-corrected chi connectivity index (χ0v) is 17.1. The molecule has 1 aliphatic rings. The van der Waals surface area contributed by atoms with Crippen molar-refractivity contribution in [2.45, 2.75) is 38.6 Å². The van der Waals surface area contributed by atoms with Gasteiger partial charge < -0.3 is 15.5 Å². The summed E-state index contributed by atoms with van der Waals surface area (Å²) in [5, 5.41) is 6.25. The van der Waals surface area contributed by atoms with Gasteiger partial charge >= 0.3 is 0 Å². The van der Waals surface area contributed by atoms with Crippen LogP contribution < -0.4 is 10.6 Å². The van der Waals surface area contributed by atoms with Crippen molar-refractivity contribution >= 4 is 39.8 Å². The summed E-state index contributed by atoms with van der Waals surface area (Å²) in [6.07, 6.45) is 6.28. The van der Waals surface area contributed by atoms with E-state index < -0.39 is 9.84 Å². The molecule has 1 unspecified atom stereocenters. The van der Waals surface area contributed by atoms with Crippen LogP contribution in [-0.2, 0) is 9.84 Å². The molecule has 0 aromatic carbocycles. The molecule has 2 N–H and O–H groups in total. The number of hydrogen-bond acceptors (Lipinski definition) is 4. The number of sulfone groups is 1. The van der Waals surface area contributed by atoms with Crippen molar-refractivity contribution < 1.29 is 8.42 Å². The van der Waals surface area contributed by atoms with Gasteiger partial charge in [0.15, 0.2) is 5.96 Å². The highest BCUT2D eigenvalue weighted by atomic mass is 127. The minimum Gasteiger partial charge on any atom is -0.356 e. The molecule has 0 aromatic rings. The van der Waals surface area contributed by atoms with E-state index >= 15 is 0 Å². The number of nitrogens with zero attached hydrogens (tertiary/aromatic N) is 2. The van der Waals surface area contributed by atoms with E-state index in [1.54, 1.807) is 7.05 Å². The number of piperidine rings is 1. The van der Waals surface area contributed by atoms with E-state index in [-0.39, 0.29) is 29.7 Å². The van der Waals surface area contributed by atoms with Gasteiger partial charge in [0.1, 0.15) is 9.84 Å². The van der Waals surface area contributed by atoms with Crippen LogP contribution >= 0.6 is 24.0 Å². The van der Waals surface area contributed by atoms with Gasteiger partial charge in [0.25, 0.3) is 0 Å². The van der Waals surface area contributed by atoms with Gasteiger partial charge in [-0.2, -0.15) is 0 Å². The lowest BCUT2D eigenvalue weighted by molar-refractivity contribution is 0.159. The lowest BCUT2D eigenvalue weighted by Gasteiger charge is -2.33. The maximum Gasteiger partial charge on any atom is 0.191 e. The fraction of sp³-hybridized carbons (Fsp3) is 0.929. The summed E-state index contributed by atoms with van der Waals surface area (Å²) in [7, 11) is -1.23. The van der Waals surface area contributed by atoms with E-state index in [0.29, 0.717) is 18.5 Å². The third-order valence-electron chi connectivity index (χ3n) is 3.84. The van der Waals surface area contributed by atoms with E-state index in [2.05, 4.69) is 27.4 Å². The van der Waals surface area contributed by atoms with Gasteiger partial charge in [0.2, 0.25) is 0 Å². The summed E-state index contributed by atoms with van der Waals surface area (Å²) in [6, 6.07) is 0.700. The quantitative estimate of drug-likeness (QED) is 0.265. The molecule has 1 aliphatic heterocycles. The van der Waals surface area contributed by atoms with Crippen LogP contribution in [0.1, 0.15) is 32.6 Å². The summed E-state index contributed by atoms with van der Waals surface area (Å²) in [4.78, 5) is 6.64. The molecular weight excluding hydrogens is 415 g/mol. The van der Waals surface area contributed by atoms with Crippen molar-refractivity contribution in [3.8, 4) is 0 Å². The summed E-state index contributed by atoms with van der Waals surface area (Å²) < 4.78 is 22.1. The predicted molar refractivity (Wildman–Crippen MR) is 104 cm³/mol. The Morgan fingerprint density at radius 2 is 1.95 bits per heavy atom. The molecule has 22 heavy (non-hydrogen) atoms. The first-order chi connectivity index (χ1) is 9.92. The van der Waals surface area contributed by atoms with Crippen molar-refractivity contribution in [2.75, 3.05) is 45.2 Å². The standard InChI is InChI=1S/C14H30N4O2S.HI/c1-13-7-4-5-10-18(13)11-6-8-16-14(15-2)17-9-12-21(3,19)20;/h13H,4-12H2,1-3H3,(H2,15,16,17);1H. The minimum absolute atomic E-state index is 0. The normalized spacial score (nSPS) is 20.3. The average Bonchev–Trinajstić information content (AvgIpc) is 2.42. The average molecular weight is 446 g/mol. The maximum atomic E-state index is 11.1. The van der Waals surface area contributed by atoms with Crippen LogP contribution in [0.25, 0.3) is 0 Å². The van der Waals surface area contributed by atoms with Crippen molar-refractivity contribution in [3.63, 3.8) is 0 Å². The Bertz CT molecular complexity index is 429. The summed E-state index contributed by atoms with van der Waals surface area (Å²) in [5.74, 6) is 0.796. The highest BCUT2D eigenvalue weighted by Gasteiger charge is 2.17. The maximum absolute atomic E-state index is 11.1. The second kappa shape index (κ2) is 11.4. The Morgan fingerprint density at radius 3 is 2.55 bits per heavy atom. The molecule has 0 radical (unpaired) electrons. The zero-order chi connectivity index (χ0) is 15.7. The zero-order valence-electron chi connectivity index (χ0n) is 14.0. The van der Waals surface area contributed by atoms with Crippen molar-refractivity contribution in [2.24, 2.45) is 4.99 Å². The van der Waals surface area contributed by atoms with Gasteiger partial charge in [-0.05, 0) is 32.7 Å². The molecule has 1 atom stereocenters. The Kier molecular flexibility index (Phi) is 11.4. The first-order valence-electron chi connectivity index (χ1n) is 7.78. The molecule has 8 heteroatoms. The molecular formula is C14H31IN4O2S. The minimum atomic E-state index is -2.93. The van der Waals surface area contributed by atoms with Crippen LogP contribution in [-0.4, -0.2) is 70.6 Å². The van der Waals surface area contributed by atoms with Crippen LogP contribution in [0.5, 0.6) is 0 Å². The molecule has 0 bridgehead atoms. The highest BCUT2D eigenvalue weighted by molar-refractivity contribution is 14.0. The molecule has 1 rings (SSSR count). The van der Waals surface area contributed by atoms with Gasteiger partial charge in [0, 0.05) is 39.0 Å². The van der Waals surface area contributed by atoms with Crippen LogP contribution in [0.3, 0.4) is 0 Å². The van der Waals surface area contributed by atoms with Crippen LogP contribution in [0.2, 0.25) is 0 Å². The molecule has 0 aromatic heterocycles. The Balaban J connectivity index is 0.00000441.